The summed E-state index contributed by atoms with van der Waals surface area (Å²) in [6.45, 7) is 0.851. The predicted octanol–water partition coefficient (Wildman–Crippen LogP) is 2.34. The molecule has 1 N–H and O–H groups in total. The van der Waals surface area contributed by atoms with Gasteiger partial charge in [-0.3, -0.25) is 4.79 Å². The molecule has 1 aromatic rings. The lowest BCUT2D eigenvalue weighted by Crippen LogP contribution is -2.31. The Balaban J connectivity index is 2.36. The number of alkyl halides is 1. The van der Waals surface area contributed by atoms with E-state index < -0.39 is 0 Å². The Morgan fingerprint density at radius 2 is 2.53 bits per heavy atom. The van der Waals surface area contributed by atoms with Gasteiger partial charge in [0.1, 0.15) is 0 Å². The van der Waals surface area contributed by atoms with Gasteiger partial charge in [0, 0.05) is 19.0 Å². The van der Waals surface area contributed by atoms with E-state index in [4.69, 9.17) is 16.3 Å². The number of methoxy groups -OCH3 is 1. The van der Waals surface area contributed by atoms with Gasteiger partial charge in [0.15, 0.2) is 0 Å². The third-order valence-electron chi connectivity index (χ3n) is 1.66. The Morgan fingerprint density at radius 3 is 3.07 bits per heavy atom. The van der Waals surface area contributed by atoms with Gasteiger partial charge in [-0.15, -0.1) is 22.9 Å². The highest BCUT2D eigenvalue weighted by atomic mass is 127. The number of ether oxygens (including phenoxy) is 1. The summed E-state index contributed by atoms with van der Waals surface area (Å²) in [7, 11) is 1.58. The molecular formula is C9H11ClINO2S. The lowest BCUT2D eigenvalue weighted by Gasteiger charge is -2.08. The van der Waals surface area contributed by atoms with E-state index in [2.05, 4.69) is 27.9 Å². The van der Waals surface area contributed by atoms with Crippen LogP contribution in [0.1, 0.15) is 10.4 Å². The van der Waals surface area contributed by atoms with Crippen molar-refractivity contribution in [2.45, 2.75) is 5.38 Å². The van der Waals surface area contributed by atoms with Crippen LogP contribution in [-0.2, 0) is 4.74 Å². The molecule has 0 bridgehead atoms. The number of nitrogens with one attached hydrogen (secondary N) is 1. The molecule has 0 aromatic carbocycles. The molecule has 1 unspecified atom stereocenters. The summed E-state index contributed by atoms with van der Waals surface area (Å²) in [5.74, 6) is -0.0871. The maximum absolute atomic E-state index is 11.6. The fraction of sp³-hybridized carbons (Fsp3) is 0.444. The molecule has 0 aliphatic rings. The van der Waals surface area contributed by atoms with Crippen LogP contribution in [0.3, 0.4) is 0 Å². The van der Waals surface area contributed by atoms with Crippen LogP contribution < -0.4 is 5.32 Å². The number of amides is 1. The Labute approximate surface area is 111 Å². The van der Waals surface area contributed by atoms with Crippen molar-refractivity contribution < 1.29 is 9.53 Å². The van der Waals surface area contributed by atoms with Crippen molar-refractivity contribution in [3.8, 4) is 0 Å². The molecule has 15 heavy (non-hydrogen) atoms. The fourth-order valence-electron chi connectivity index (χ4n) is 0.974. The van der Waals surface area contributed by atoms with Gasteiger partial charge in [-0.05, 0) is 28.7 Å². The second kappa shape index (κ2) is 6.67. The first-order valence-electron chi connectivity index (χ1n) is 4.28. The number of rotatable bonds is 5. The normalized spacial score (nSPS) is 12.5. The van der Waals surface area contributed by atoms with Gasteiger partial charge in [-0.25, -0.2) is 0 Å². The van der Waals surface area contributed by atoms with Gasteiger partial charge < -0.3 is 10.1 Å². The van der Waals surface area contributed by atoms with Crippen LogP contribution >= 0.6 is 45.5 Å². The summed E-state index contributed by atoms with van der Waals surface area (Å²) >= 11 is 9.61. The topological polar surface area (TPSA) is 38.3 Å². The summed E-state index contributed by atoms with van der Waals surface area (Å²) in [6, 6.07) is 1.85. The summed E-state index contributed by atoms with van der Waals surface area (Å²) in [6.07, 6.45) is 0. The van der Waals surface area contributed by atoms with Crippen molar-refractivity contribution in [1.82, 2.24) is 5.32 Å². The molecule has 1 atom stereocenters. The molecule has 1 amide bonds. The average molecular weight is 360 g/mol. The SMILES string of the molecule is COCC(Cl)CNC(=O)c1csc(I)c1. The molecule has 0 saturated heterocycles. The monoisotopic (exact) mass is 359 g/mol. The largest absolute Gasteiger partial charge is 0.383 e. The highest BCUT2D eigenvalue weighted by molar-refractivity contribution is 14.1. The van der Waals surface area contributed by atoms with Crippen LogP contribution in [-0.4, -0.2) is 31.5 Å². The van der Waals surface area contributed by atoms with Gasteiger partial charge >= 0.3 is 0 Å². The molecule has 0 spiro atoms. The van der Waals surface area contributed by atoms with Crippen LogP contribution in [0.4, 0.5) is 0 Å². The molecule has 0 fully saturated rings. The minimum Gasteiger partial charge on any atom is -0.383 e. The Morgan fingerprint density at radius 1 is 1.80 bits per heavy atom. The molecule has 0 aliphatic heterocycles. The van der Waals surface area contributed by atoms with Crippen LogP contribution in [0, 0.1) is 2.88 Å². The zero-order valence-electron chi connectivity index (χ0n) is 8.13. The summed E-state index contributed by atoms with van der Waals surface area (Å²) < 4.78 is 5.96. The zero-order chi connectivity index (χ0) is 11.3. The van der Waals surface area contributed by atoms with Crippen molar-refractivity contribution >= 4 is 51.4 Å². The molecular weight excluding hydrogens is 349 g/mol. The highest BCUT2D eigenvalue weighted by Gasteiger charge is 2.10. The lowest BCUT2D eigenvalue weighted by atomic mass is 10.3. The van der Waals surface area contributed by atoms with Gasteiger partial charge in [0.2, 0.25) is 0 Å². The molecule has 1 heterocycles. The molecule has 1 rings (SSSR count). The van der Waals surface area contributed by atoms with Gasteiger partial charge in [-0.1, -0.05) is 0 Å². The van der Waals surface area contributed by atoms with E-state index in [1.54, 1.807) is 18.4 Å². The molecule has 0 saturated carbocycles. The number of hydrogen-bond acceptors (Lipinski definition) is 3. The Bertz CT molecular complexity index is 332. The second-order valence-electron chi connectivity index (χ2n) is 2.90. The lowest BCUT2D eigenvalue weighted by molar-refractivity contribution is 0.0949. The molecule has 3 nitrogen and oxygen atoms in total. The van der Waals surface area contributed by atoms with Crippen molar-refractivity contribution in [3.63, 3.8) is 0 Å². The van der Waals surface area contributed by atoms with Crippen molar-refractivity contribution in [2.24, 2.45) is 0 Å². The van der Waals surface area contributed by atoms with E-state index in [1.807, 2.05) is 11.4 Å². The van der Waals surface area contributed by atoms with E-state index in [0.717, 1.165) is 2.88 Å². The zero-order valence-corrected chi connectivity index (χ0v) is 11.9. The van der Waals surface area contributed by atoms with Gasteiger partial charge in [0.05, 0.1) is 20.4 Å². The highest BCUT2D eigenvalue weighted by Crippen LogP contribution is 2.16. The molecule has 0 radical (unpaired) electrons. The van der Waals surface area contributed by atoms with Crippen LogP contribution in [0.15, 0.2) is 11.4 Å². The second-order valence-corrected chi connectivity index (χ2v) is 6.32. The molecule has 6 heteroatoms. The van der Waals surface area contributed by atoms with Crippen molar-refractivity contribution in [1.29, 1.82) is 0 Å². The molecule has 1 aromatic heterocycles. The van der Waals surface area contributed by atoms with Gasteiger partial charge in [-0.2, -0.15) is 0 Å². The van der Waals surface area contributed by atoms with Crippen LogP contribution in [0.5, 0.6) is 0 Å². The number of carbonyl (C=O) groups excluding carboxylic acids is 1. The molecule has 0 aliphatic carbocycles. The summed E-state index contributed by atoms with van der Waals surface area (Å²) in [4.78, 5) is 11.6. The van der Waals surface area contributed by atoms with Crippen LogP contribution in [0.2, 0.25) is 0 Å². The minimum absolute atomic E-state index is 0.0871. The van der Waals surface area contributed by atoms with E-state index >= 15 is 0 Å². The van der Waals surface area contributed by atoms with Crippen molar-refractivity contribution in [2.75, 3.05) is 20.3 Å². The van der Waals surface area contributed by atoms with E-state index in [1.165, 1.54) is 0 Å². The maximum Gasteiger partial charge on any atom is 0.252 e. The summed E-state index contributed by atoms with van der Waals surface area (Å²) in [5.41, 5.74) is 0.686. The number of carbonyl (C=O) groups is 1. The Hall–Kier alpha value is 0.150. The third kappa shape index (κ3) is 4.67. The standard InChI is InChI=1S/C9H11ClINO2S/c1-14-4-7(10)3-12-9(13)6-2-8(11)15-5-6/h2,5,7H,3-4H2,1H3,(H,12,13). The predicted molar refractivity (Wildman–Crippen MR) is 70.9 cm³/mol. The fourth-order valence-corrected chi connectivity index (χ4v) is 2.50. The molecule has 84 valence electrons. The first-order chi connectivity index (χ1) is 7.13. The quantitative estimate of drug-likeness (QED) is 0.647. The first-order valence-corrected chi connectivity index (χ1v) is 6.68. The Kier molecular flexibility index (Phi) is 5.88. The maximum atomic E-state index is 11.6. The average Bonchev–Trinajstić information content (AvgIpc) is 2.62. The van der Waals surface area contributed by atoms with Crippen molar-refractivity contribution in [3.05, 3.63) is 19.9 Å². The number of thiophene rings is 1. The first kappa shape index (κ1) is 13.2. The third-order valence-corrected chi connectivity index (χ3v) is 3.73. The van der Waals surface area contributed by atoms with E-state index in [0.29, 0.717) is 18.7 Å². The van der Waals surface area contributed by atoms with E-state index in [-0.39, 0.29) is 11.3 Å². The number of hydrogen-bond donors (Lipinski definition) is 1. The minimum atomic E-state index is -0.184. The van der Waals surface area contributed by atoms with E-state index in [9.17, 15) is 4.79 Å². The number of halogens is 2. The smallest absolute Gasteiger partial charge is 0.252 e. The van der Waals surface area contributed by atoms with Crippen LogP contribution in [0.25, 0.3) is 0 Å². The van der Waals surface area contributed by atoms with Gasteiger partial charge in [0.25, 0.3) is 5.91 Å². The summed E-state index contributed by atoms with van der Waals surface area (Å²) in [5, 5.41) is 4.40.